The zero-order valence-electron chi connectivity index (χ0n) is 33.4. The Labute approximate surface area is 359 Å². The molecule has 0 saturated carbocycles. The molecule has 0 amide bonds. The van der Waals surface area contributed by atoms with E-state index in [0.29, 0.717) is 29.0 Å². The van der Waals surface area contributed by atoms with Gasteiger partial charge in [-0.15, -0.1) is 0 Å². The molecular formula is C55H37N5O2. The molecule has 0 radical (unpaired) electrons. The Kier molecular flexibility index (Phi) is 9.52. The van der Waals surface area contributed by atoms with Gasteiger partial charge < -0.3 is 9.47 Å². The van der Waals surface area contributed by atoms with Gasteiger partial charge in [0.05, 0.1) is 11.4 Å². The Morgan fingerprint density at radius 2 is 0.758 bits per heavy atom. The molecule has 4 heterocycles. The summed E-state index contributed by atoms with van der Waals surface area (Å²) >= 11 is 0. The molecule has 62 heavy (non-hydrogen) atoms. The highest BCUT2D eigenvalue weighted by atomic mass is 16.6. The molecule has 1 aliphatic carbocycles. The van der Waals surface area contributed by atoms with Gasteiger partial charge in [0.25, 0.3) is 0 Å². The lowest BCUT2D eigenvalue weighted by Crippen LogP contribution is -2.38. The van der Waals surface area contributed by atoms with E-state index in [2.05, 4.69) is 78.9 Å². The van der Waals surface area contributed by atoms with Gasteiger partial charge in [0.2, 0.25) is 0 Å². The second-order valence-corrected chi connectivity index (χ2v) is 15.2. The third-order valence-corrected chi connectivity index (χ3v) is 11.2. The zero-order chi connectivity index (χ0) is 41.2. The van der Waals surface area contributed by atoms with E-state index in [4.69, 9.17) is 34.4 Å². The fraction of sp³-hybridized carbons (Fsp3) is 0.0364. The Morgan fingerprint density at radius 3 is 1.32 bits per heavy atom. The van der Waals surface area contributed by atoms with E-state index in [9.17, 15) is 0 Å². The minimum Gasteiger partial charge on any atom is -0.478 e. The molecule has 1 aliphatic heterocycles. The Hall–Kier alpha value is -8.29. The van der Waals surface area contributed by atoms with Gasteiger partial charge in [0.1, 0.15) is 0 Å². The van der Waals surface area contributed by atoms with Crippen LogP contribution >= 0.6 is 0 Å². The zero-order valence-corrected chi connectivity index (χ0v) is 33.4. The molecule has 2 aliphatic rings. The number of pyridine rings is 2. The SMILES string of the molecule is C1=CC2Oc3c(-c4ccc(-c5nc(-c6ccccc6)nc(-c6cccc(-c7ccccc7)c6)n5)cc4)ccc(-c4cc(-c5ccccn5)cc(-c5ccccn5)c4)c3OC2C=C1. The average molecular weight is 800 g/mol. The van der Waals surface area contributed by atoms with Gasteiger partial charge in [0, 0.05) is 51.3 Å². The smallest absolute Gasteiger partial charge is 0.170 e. The van der Waals surface area contributed by atoms with E-state index in [1.165, 1.54) is 0 Å². The predicted molar refractivity (Wildman–Crippen MR) is 246 cm³/mol. The van der Waals surface area contributed by atoms with Gasteiger partial charge in [0.15, 0.2) is 41.2 Å². The molecule has 0 saturated heterocycles. The van der Waals surface area contributed by atoms with E-state index >= 15 is 0 Å². The molecule has 0 spiro atoms. The van der Waals surface area contributed by atoms with E-state index in [1.807, 2.05) is 134 Å². The number of aromatic nitrogens is 5. The van der Waals surface area contributed by atoms with Crippen LogP contribution in [0.15, 0.2) is 213 Å². The number of hydrogen-bond donors (Lipinski definition) is 0. The molecule has 2 unspecified atom stereocenters. The van der Waals surface area contributed by atoms with Gasteiger partial charge in [-0.25, -0.2) is 15.0 Å². The summed E-state index contributed by atoms with van der Waals surface area (Å²) in [5, 5.41) is 0. The summed E-state index contributed by atoms with van der Waals surface area (Å²) in [6.07, 6.45) is 11.2. The van der Waals surface area contributed by atoms with Crippen molar-refractivity contribution >= 4 is 0 Å². The standard InChI is InChI=1S/C55H37N5O2/c1-3-14-36(15-4-1)40-18-13-19-41(32-40)55-59-53(38-16-5-2-6-17-38)58-54(60-55)39-26-24-37(25-27-39)45-28-29-46(52-51(45)61-49-22-7-8-23-50(49)62-52)42-33-43(47-20-9-11-30-56-47)35-44(34-42)48-21-10-12-31-57-48/h1-35,49-50H. The number of hydrogen-bond acceptors (Lipinski definition) is 7. The van der Waals surface area contributed by atoms with Crippen molar-refractivity contribution in [2.45, 2.75) is 12.2 Å². The van der Waals surface area contributed by atoms with Crippen LogP contribution in [0.5, 0.6) is 11.5 Å². The summed E-state index contributed by atoms with van der Waals surface area (Å²) in [4.78, 5) is 24.4. The number of benzene rings is 6. The van der Waals surface area contributed by atoms with Crippen LogP contribution in [0.4, 0.5) is 0 Å². The molecule has 11 rings (SSSR count). The van der Waals surface area contributed by atoms with Crippen molar-refractivity contribution in [3.63, 3.8) is 0 Å². The van der Waals surface area contributed by atoms with Gasteiger partial charge in [-0.05, 0) is 95.1 Å². The lowest BCUT2D eigenvalue weighted by Gasteiger charge is -2.34. The maximum Gasteiger partial charge on any atom is 0.170 e. The molecule has 2 atom stereocenters. The van der Waals surface area contributed by atoms with Crippen molar-refractivity contribution in [1.29, 1.82) is 0 Å². The Bertz CT molecular complexity index is 3060. The van der Waals surface area contributed by atoms with Crippen LogP contribution < -0.4 is 9.47 Å². The largest absolute Gasteiger partial charge is 0.478 e. The van der Waals surface area contributed by atoms with Gasteiger partial charge in [-0.2, -0.15) is 0 Å². The molecule has 0 N–H and O–H groups in total. The van der Waals surface area contributed by atoms with E-state index in [-0.39, 0.29) is 12.2 Å². The third kappa shape index (κ3) is 7.22. The van der Waals surface area contributed by atoms with Crippen molar-refractivity contribution in [3.8, 4) is 102 Å². The summed E-state index contributed by atoms with van der Waals surface area (Å²) < 4.78 is 13.8. The summed E-state index contributed by atoms with van der Waals surface area (Å²) in [6.45, 7) is 0. The number of nitrogens with zero attached hydrogens (tertiary/aromatic N) is 5. The van der Waals surface area contributed by atoms with Crippen LogP contribution in [0.1, 0.15) is 0 Å². The second-order valence-electron chi connectivity index (χ2n) is 15.2. The number of ether oxygens (including phenoxy) is 2. The Balaban J connectivity index is 1.01. The number of rotatable bonds is 8. The molecule has 7 nitrogen and oxygen atoms in total. The van der Waals surface area contributed by atoms with Crippen molar-refractivity contribution in [3.05, 3.63) is 213 Å². The van der Waals surface area contributed by atoms with Crippen molar-refractivity contribution in [2.24, 2.45) is 0 Å². The van der Waals surface area contributed by atoms with Crippen LogP contribution in [0.2, 0.25) is 0 Å². The van der Waals surface area contributed by atoms with Crippen LogP contribution in [0.3, 0.4) is 0 Å². The normalized spacial score (nSPS) is 14.9. The highest BCUT2D eigenvalue weighted by molar-refractivity contribution is 5.88. The summed E-state index contributed by atoms with van der Waals surface area (Å²) in [7, 11) is 0. The molecule has 3 aromatic heterocycles. The van der Waals surface area contributed by atoms with Crippen molar-refractivity contribution in [2.75, 3.05) is 0 Å². The van der Waals surface area contributed by atoms with Crippen molar-refractivity contribution in [1.82, 2.24) is 24.9 Å². The number of fused-ring (bicyclic) bond motifs is 2. The molecule has 0 fully saturated rings. The first kappa shape index (κ1) is 36.8. The minimum atomic E-state index is -0.275. The summed E-state index contributed by atoms with van der Waals surface area (Å²) in [6, 6.07) is 59.7. The molecule has 9 aromatic rings. The van der Waals surface area contributed by atoms with E-state index in [1.54, 1.807) is 0 Å². The second kappa shape index (κ2) is 16.0. The highest BCUT2D eigenvalue weighted by Crippen LogP contribution is 2.50. The fourth-order valence-electron chi connectivity index (χ4n) is 8.07. The quantitative estimate of drug-likeness (QED) is 0.151. The van der Waals surface area contributed by atoms with Crippen LogP contribution in [-0.2, 0) is 0 Å². The fourth-order valence-corrected chi connectivity index (χ4v) is 8.07. The predicted octanol–water partition coefficient (Wildman–Crippen LogP) is 12.6. The molecule has 7 heteroatoms. The molecule has 6 aromatic carbocycles. The molecule has 0 bridgehead atoms. The van der Waals surface area contributed by atoms with Crippen LogP contribution in [-0.4, -0.2) is 37.1 Å². The molecular weight excluding hydrogens is 763 g/mol. The first-order valence-electron chi connectivity index (χ1n) is 20.6. The number of allylic oxidation sites excluding steroid dienone is 2. The van der Waals surface area contributed by atoms with Crippen LogP contribution in [0, 0.1) is 0 Å². The Morgan fingerprint density at radius 1 is 0.323 bits per heavy atom. The van der Waals surface area contributed by atoms with E-state index in [0.717, 1.165) is 72.6 Å². The minimum absolute atomic E-state index is 0.273. The first-order chi connectivity index (χ1) is 30.7. The van der Waals surface area contributed by atoms with Gasteiger partial charge >= 0.3 is 0 Å². The third-order valence-electron chi connectivity index (χ3n) is 11.2. The lowest BCUT2D eigenvalue weighted by atomic mass is 9.92. The maximum atomic E-state index is 6.89. The monoisotopic (exact) mass is 799 g/mol. The van der Waals surface area contributed by atoms with Crippen LogP contribution in [0.25, 0.3) is 90.1 Å². The highest BCUT2D eigenvalue weighted by Gasteiger charge is 2.33. The first-order valence-corrected chi connectivity index (χ1v) is 20.6. The topological polar surface area (TPSA) is 82.9 Å². The molecule has 294 valence electrons. The lowest BCUT2D eigenvalue weighted by molar-refractivity contribution is 0.0769. The van der Waals surface area contributed by atoms with E-state index < -0.39 is 0 Å². The van der Waals surface area contributed by atoms with Gasteiger partial charge in [-0.3, -0.25) is 9.97 Å². The average Bonchev–Trinajstić information content (AvgIpc) is 3.36. The summed E-state index contributed by atoms with van der Waals surface area (Å²) in [5.41, 5.74) is 12.4. The van der Waals surface area contributed by atoms with Crippen molar-refractivity contribution < 1.29 is 9.47 Å². The maximum absolute atomic E-state index is 6.89. The van der Waals surface area contributed by atoms with Gasteiger partial charge in [-0.1, -0.05) is 127 Å². The summed E-state index contributed by atoms with van der Waals surface area (Å²) in [5.74, 6) is 3.17.